The second kappa shape index (κ2) is 9.46. The number of carbonyl (C=O) groups is 1. The fourth-order valence-electron chi connectivity index (χ4n) is 2.63. The maximum absolute atomic E-state index is 12.9. The van der Waals surface area contributed by atoms with Crippen molar-refractivity contribution in [2.75, 3.05) is 0 Å². The van der Waals surface area contributed by atoms with E-state index in [1.54, 1.807) is 43.0 Å². The van der Waals surface area contributed by atoms with E-state index in [2.05, 4.69) is 20.6 Å². The van der Waals surface area contributed by atoms with Crippen LogP contribution in [-0.4, -0.2) is 15.9 Å². The smallest absolute Gasteiger partial charge is 0.242 e. The van der Waals surface area contributed by atoms with Crippen LogP contribution in [0.3, 0.4) is 0 Å². The second-order valence-electron chi connectivity index (χ2n) is 5.88. The molecule has 0 saturated heterocycles. The summed E-state index contributed by atoms with van der Waals surface area (Å²) in [5.74, 6) is -0.217. The van der Waals surface area contributed by atoms with Crippen LogP contribution in [0.2, 0.25) is 10.0 Å². The molecular weight excluding hydrogens is 383 g/mol. The zero-order chi connectivity index (χ0) is 19.1. The maximum atomic E-state index is 12.9. The highest BCUT2D eigenvalue weighted by Crippen LogP contribution is 2.30. The molecule has 2 aromatic heterocycles. The van der Waals surface area contributed by atoms with Crippen LogP contribution in [0, 0.1) is 0 Å². The van der Waals surface area contributed by atoms with Crippen LogP contribution in [-0.2, 0) is 17.9 Å². The third-order valence-corrected chi connectivity index (χ3v) is 4.66. The van der Waals surface area contributed by atoms with Crippen molar-refractivity contribution >= 4 is 29.1 Å². The molecule has 0 bridgehead atoms. The highest BCUT2D eigenvalue weighted by Gasteiger charge is 2.25. The number of nitrogens with one attached hydrogen (secondary N) is 2. The number of nitrogens with zero attached hydrogens (tertiary/aromatic N) is 2. The van der Waals surface area contributed by atoms with Gasteiger partial charge in [-0.05, 0) is 41.5 Å². The number of pyridine rings is 2. The summed E-state index contributed by atoms with van der Waals surface area (Å²) in [6, 6.07) is 12.0. The largest absolute Gasteiger partial charge is 0.350 e. The van der Waals surface area contributed by atoms with Gasteiger partial charge in [0.15, 0.2) is 0 Å². The number of halogens is 2. The average molecular weight is 401 g/mol. The zero-order valence-corrected chi connectivity index (χ0v) is 15.9. The predicted molar refractivity (Wildman–Crippen MR) is 106 cm³/mol. The topological polar surface area (TPSA) is 66.9 Å². The molecule has 1 atom stereocenters. The van der Waals surface area contributed by atoms with Crippen LogP contribution in [0.15, 0.2) is 67.3 Å². The first-order valence-electron chi connectivity index (χ1n) is 8.38. The molecule has 0 aliphatic carbocycles. The Hall–Kier alpha value is -2.47. The minimum Gasteiger partial charge on any atom is -0.350 e. The highest BCUT2D eigenvalue weighted by molar-refractivity contribution is 6.36. The van der Waals surface area contributed by atoms with E-state index in [1.807, 2.05) is 24.3 Å². The first kappa shape index (κ1) is 19.3. The Balaban J connectivity index is 1.79. The molecule has 0 aliphatic heterocycles. The molecule has 7 heteroatoms. The van der Waals surface area contributed by atoms with Gasteiger partial charge in [0.2, 0.25) is 5.91 Å². The van der Waals surface area contributed by atoms with Gasteiger partial charge in [-0.2, -0.15) is 0 Å². The molecule has 5 nitrogen and oxygen atoms in total. The third kappa shape index (κ3) is 5.26. The lowest BCUT2D eigenvalue weighted by atomic mass is 10.0. The number of hydrogen-bond donors (Lipinski definition) is 2. The fraction of sp³-hybridized carbons (Fsp3) is 0.150. The Kier molecular flexibility index (Phi) is 6.76. The van der Waals surface area contributed by atoms with Crippen LogP contribution in [0.4, 0.5) is 0 Å². The van der Waals surface area contributed by atoms with E-state index >= 15 is 0 Å². The average Bonchev–Trinajstić information content (AvgIpc) is 2.70. The van der Waals surface area contributed by atoms with Gasteiger partial charge in [0.1, 0.15) is 6.04 Å². The Morgan fingerprint density at radius 3 is 2.30 bits per heavy atom. The number of rotatable bonds is 7. The van der Waals surface area contributed by atoms with E-state index < -0.39 is 6.04 Å². The molecule has 2 N–H and O–H groups in total. The van der Waals surface area contributed by atoms with E-state index in [0.717, 1.165) is 11.1 Å². The summed E-state index contributed by atoms with van der Waals surface area (Å²) in [7, 11) is 0. The van der Waals surface area contributed by atoms with E-state index in [9.17, 15) is 4.79 Å². The van der Waals surface area contributed by atoms with Crippen molar-refractivity contribution < 1.29 is 4.79 Å². The van der Waals surface area contributed by atoms with Crippen molar-refractivity contribution in [2.24, 2.45) is 0 Å². The van der Waals surface area contributed by atoms with Gasteiger partial charge in [-0.25, -0.2) is 0 Å². The molecule has 138 valence electrons. The summed E-state index contributed by atoms with van der Waals surface area (Å²) in [4.78, 5) is 21.0. The number of amides is 1. The first-order valence-corrected chi connectivity index (χ1v) is 9.13. The number of benzene rings is 1. The molecule has 0 radical (unpaired) electrons. The van der Waals surface area contributed by atoms with Crippen LogP contribution >= 0.6 is 23.2 Å². The molecule has 2 heterocycles. The van der Waals surface area contributed by atoms with E-state index in [-0.39, 0.29) is 5.91 Å². The van der Waals surface area contributed by atoms with Gasteiger partial charge in [-0.1, -0.05) is 35.3 Å². The minimum atomic E-state index is -0.701. The molecule has 0 saturated carbocycles. The molecule has 0 aliphatic rings. The van der Waals surface area contributed by atoms with Crippen molar-refractivity contribution in [3.63, 3.8) is 0 Å². The Bertz CT molecular complexity index is 871. The summed E-state index contributed by atoms with van der Waals surface area (Å²) in [6.45, 7) is 0.831. The number of carbonyl (C=O) groups excluding carboxylic acids is 1. The molecule has 1 aromatic carbocycles. The monoisotopic (exact) mass is 400 g/mol. The van der Waals surface area contributed by atoms with Crippen LogP contribution in [0.5, 0.6) is 0 Å². The van der Waals surface area contributed by atoms with Gasteiger partial charge in [-0.3, -0.25) is 20.1 Å². The fourth-order valence-corrected chi connectivity index (χ4v) is 3.24. The molecule has 3 rings (SSSR count). The molecule has 27 heavy (non-hydrogen) atoms. The van der Waals surface area contributed by atoms with Crippen LogP contribution < -0.4 is 10.6 Å². The minimum absolute atomic E-state index is 0.217. The lowest BCUT2D eigenvalue weighted by molar-refractivity contribution is -0.123. The molecule has 0 spiro atoms. The summed E-state index contributed by atoms with van der Waals surface area (Å²) < 4.78 is 0. The van der Waals surface area contributed by atoms with Gasteiger partial charge < -0.3 is 5.32 Å². The third-order valence-electron chi connectivity index (χ3n) is 4.00. The number of aromatic nitrogens is 2. The van der Waals surface area contributed by atoms with Crippen molar-refractivity contribution in [1.82, 2.24) is 20.6 Å². The van der Waals surface area contributed by atoms with E-state index in [1.165, 1.54) is 0 Å². The van der Waals surface area contributed by atoms with Crippen LogP contribution in [0.25, 0.3) is 0 Å². The lowest BCUT2D eigenvalue weighted by Crippen LogP contribution is -2.37. The highest BCUT2D eigenvalue weighted by atomic mass is 35.5. The van der Waals surface area contributed by atoms with Gasteiger partial charge in [0.05, 0.1) is 0 Å². The Morgan fingerprint density at radius 1 is 0.889 bits per heavy atom. The van der Waals surface area contributed by atoms with Crippen LogP contribution in [0.1, 0.15) is 22.7 Å². The summed E-state index contributed by atoms with van der Waals surface area (Å²) >= 11 is 12.7. The summed E-state index contributed by atoms with van der Waals surface area (Å²) in [5, 5.41) is 7.03. The van der Waals surface area contributed by atoms with Crippen molar-refractivity contribution in [3.05, 3.63) is 94.0 Å². The maximum Gasteiger partial charge on any atom is 0.242 e. The van der Waals surface area contributed by atoms with Gasteiger partial charge in [0, 0.05) is 53.5 Å². The van der Waals surface area contributed by atoms with Gasteiger partial charge >= 0.3 is 0 Å². The Labute approximate surface area is 167 Å². The SMILES string of the molecule is O=C(NCc1ccncc1)C(NCc1cccnc1)c1c(Cl)cccc1Cl. The molecule has 1 unspecified atom stereocenters. The Morgan fingerprint density at radius 2 is 1.63 bits per heavy atom. The molecule has 3 aromatic rings. The lowest BCUT2D eigenvalue weighted by Gasteiger charge is -2.21. The van der Waals surface area contributed by atoms with Gasteiger partial charge in [-0.15, -0.1) is 0 Å². The molecule has 1 amide bonds. The standard InChI is InChI=1S/C20H18Cl2N4O/c21-16-4-1-5-17(22)18(16)19(25-13-15-3-2-8-24-11-15)20(27)26-12-14-6-9-23-10-7-14/h1-11,19,25H,12-13H2,(H,26,27). The number of hydrogen-bond acceptors (Lipinski definition) is 4. The van der Waals surface area contributed by atoms with Crippen molar-refractivity contribution in [1.29, 1.82) is 0 Å². The van der Waals surface area contributed by atoms with Gasteiger partial charge in [0.25, 0.3) is 0 Å². The predicted octanol–water partition coefficient (Wildman–Crippen LogP) is 3.93. The van der Waals surface area contributed by atoms with E-state index in [0.29, 0.717) is 28.7 Å². The first-order chi connectivity index (χ1) is 13.1. The van der Waals surface area contributed by atoms with E-state index in [4.69, 9.17) is 23.2 Å². The summed E-state index contributed by atoms with van der Waals surface area (Å²) in [5.41, 5.74) is 2.46. The zero-order valence-electron chi connectivity index (χ0n) is 14.4. The molecule has 0 fully saturated rings. The molecular formula is C20H18Cl2N4O. The van der Waals surface area contributed by atoms with Crippen molar-refractivity contribution in [3.8, 4) is 0 Å². The second-order valence-corrected chi connectivity index (χ2v) is 6.70. The normalized spacial score (nSPS) is 11.8. The summed E-state index contributed by atoms with van der Waals surface area (Å²) in [6.07, 6.45) is 6.82. The quantitative estimate of drug-likeness (QED) is 0.630. The van der Waals surface area contributed by atoms with Crippen molar-refractivity contribution in [2.45, 2.75) is 19.1 Å².